The Kier molecular flexibility index (Phi) is 5.67. The molecule has 3 rings (SSSR count). The van der Waals surface area contributed by atoms with Gasteiger partial charge >= 0.3 is 0 Å². The number of rotatable bonds is 6. The maximum atomic E-state index is 6.04. The highest BCUT2D eigenvalue weighted by Crippen LogP contribution is 2.15. The van der Waals surface area contributed by atoms with Gasteiger partial charge in [-0.15, -0.1) is 0 Å². The molecule has 5 heteroatoms. The predicted octanol–water partition coefficient (Wildman–Crippen LogP) is 2.50. The van der Waals surface area contributed by atoms with Crippen molar-refractivity contribution >= 4 is 13.3 Å². The third-order valence-corrected chi connectivity index (χ3v) is 3.75. The zero-order valence-corrected chi connectivity index (χ0v) is 13.1. The molecule has 2 aromatic rings. The van der Waals surface area contributed by atoms with E-state index in [9.17, 15) is 0 Å². The molecule has 1 aliphatic heterocycles. The van der Waals surface area contributed by atoms with Gasteiger partial charge in [0.2, 0.25) is 0 Å². The minimum atomic E-state index is -0.124. The standard InChI is InChI=1S/C18H20BNO3/c19-16-10-15(13-23-18-8-4-5-9-21-18)20-11-17(16)22-12-14-6-2-1-3-7-14/h1-3,6-7,10-11,18H,4-5,8-9,12-13H2. The van der Waals surface area contributed by atoms with E-state index < -0.39 is 0 Å². The van der Waals surface area contributed by atoms with Crippen LogP contribution in [0.25, 0.3) is 0 Å². The molecule has 23 heavy (non-hydrogen) atoms. The molecule has 1 unspecified atom stereocenters. The van der Waals surface area contributed by atoms with Crippen LogP contribution in [0, 0.1) is 0 Å². The second-order valence-corrected chi connectivity index (χ2v) is 5.59. The van der Waals surface area contributed by atoms with E-state index in [0.717, 1.165) is 37.1 Å². The highest BCUT2D eigenvalue weighted by Gasteiger charge is 2.14. The number of aromatic nitrogens is 1. The van der Waals surface area contributed by atoms with Crippen molar-refractivity contribution in [1.29, 1.82) is 0 Å². The van der Waals surface area contributed by atoms with Crippen molar-refractivity contribution < 1.29 is 14.2 Å². The van der Waals surface area contributed by atoms with Crippen LogP contribution in [0.2, 0.25) is 0 Å². The molecule has 4 nitrogen and oxygen atoms in total. The summed E-state index contributed by atoms with van der Waals surface area (Å²) in [5.74, 6) is 0.589. The predicted molar refractivity (Wildman–Crippen MR) is 88.8 cm³/mol. The molecule has 1 aliphatic rings. The lowest BCUT2D eigenvalue weighted by molar-refractivity contribution is -0.169. The van der Waals surface area contributed by atoms with Crippen LogP contribution in [0.4, 0.5) is 0 Å². The molecule has 2 heterocycles. The number of ether oxygens (including phenoxy) is 3. The lowest BCUT2D eigenvalue weighted by atomic mass is 9.95. The second-order valence-electron chi connectivity index (χ2n) is 5.59. The van der Waals surface area contributed by atoms with Gasteiger partial charge in [-0.1, -0.05) is 35.8 Å². The Morgan fingerprint density at radius 3 is 2.78 bits per heavy atom. The topological polar surface area (TPSA) is 40.6 Å². The summed E-state index contributed by atoms with van der Waals surface area (Å²) in [4.78, 5) is 4.35. The van der Waals surface area contributed by atoms with Gasteiger partial charge in [-0.3, -0.25) is 4.98 Å². The smallest absolute Gasteiger partial charge is 0.158 e. The number of benzene rings is 1. The third kappa shape index (κ3) is 4.81. The Bertz CT molecular complexity index is 615. The van der Waals surface area contributed by atoms with Crippen LogP contribution in [0.1, 0.15) is 30.5 Å². The van der Waals surface area contributed by atoms with Gasteiger partial charge in [0.05, 0.1) is 18.5 Å². The maximum absolute atomic E-state index is 6.04. The van der Waals surface area contributed by atoms with E-state index in [1.807, 2.05) is 30.3 Å². The average Bonchev–Trinajstić information content (AvgIpc) is 2.61. The van der Waals surface area contributed by atoms with Crippen molar-refractivity contribution in [2.75, 3.05) is 6.61 Å². The van der Waals surface area contributed by atoms with E-state index in [0.29, 0.717) is 24.4 Å². The zero-order chi connectivity index (χ0) is 15.9. The monoisotopic (exact) mass is 309 g/mol. The molecule has 1 saturated heterocycles. The van der Waals surface area contributed by atoms with Crippen molar-refractivity contribution in [3.8, 4) is 5.75 Å². The third-order valence-electron chi connectivity index (χ3n) is 3.75. The first-order valence-electron chi connectivity index (χ1n) is 7.95. The lowest BCUT2D eigenvalue weighted by Crippen LogP contribution is -2.22. The summed E-state index contributed by atoms with van der Waals surface area (Å²) in [6.07, 6.45) is 4.72. The normalized spacial score (nSPS) is 17.8. The molecule has 0 amide bonds. The van der Waals surface area contributed by atoms with Crippen LogP contribution < -0.4 is 10.2 Å². The van der Waals surface area contributed by atoms with Gasteiger partial charge in [-0.05, 0) is 30.9 Å². The fraction of sp³-hybridized carbons (Fsp3) is 0.389. The molecular weight excluding hydrogens is 289 g/mol. The Hall–Kier alpha value is -1.85. The van der Waals surface area contributed by atoms with Gasteiger partial charge in [-0.25, -0.2) is 0 Å². The fourth-order valence-electron chi connectivity index (χ4n) is 2.46. The van der Waals surface area contributed by atoms with E-state index in [2.05, 4.69) is 4.98 Å². The molecule has 1 aromatic heterocycles. The molecule has 0 N–H and O–H groups in total. The summed E-state index contributed by atoms with van der Waals surface area (Å²) < 4.78 is 17.0. The lowest BCUT2D eigenvalue weighted by Gasteiger charge is -2.22. The van der Waals surface area contributed by atoms with E-state index in [1.165, 1.54) is 0 Å². The minimum absolute atomic E-state index is 0.124. The van der Waals surface area contributed by atoms with Crippen LogP contribution in [-0.2, 0) is 22.7 Å². The van der Waals surface area contributed by atoms with Crippen molar-refractivity contribution in [3.63, 3.8) is 0 Å². The van der Waals surface area contributed by atoms with Gasteiger partial charge in [0.25, 0.3) is 0 Å². The first kappa shape index (κ1) is 16.0. The number of hydrogen-bond acceptors (Lipinski definition) is 4. The molecule has 2 radical (unpaired) electrons. The van der Waals surface area contributed by atoms with Gasteiger partial charge in [0.15, 0.2) is 6.29 Å². The molecule has 1 aromatic carbocycles. The number of nitrogens with zero attached hydrogens (tertiary/aromatic N) is 1. The molecule has 0 bridgehead atoms. The Morgan fingerprint density at radius 2 is 2.04 bits per heavy atom. The van der Waals surface area contributed by atoms with Crippen LogP contribution in [0.5, 0.6) is 5.75 Å². The van der Waals surface area contributed by atoms with Crippen LogP contribution in [-0.4, -0.2) is 25.7 Å². The molecule has 0 aliphatic carbocycles. The minimum Gasteiger partial charge on any atom is -0.488 e. The summed E-state index contributed by atoms with van der Waals surface area (Å²) in [7, 11) is 6.04. The summed E-state index contributed by atoms with van der Waals surface area (Å²) in [5, 5.41) is 0. The van der Waals surface area contributed by atoms with Crippen molar-refractivity contribution in [1.82, 2.24) is 4.98 Å². The zero-order valence-electron chi connectivity index (χ0n) is 13.1. The molecule has 1 atom stereocenters. The first-order valence-corrected chi connectivity index (χ1v) is 7.95. The first-order chi connectivity index (χ1) is 11.3. The Labute approximate surface area is 138 Å². The SMILES string of the molecule is [B]c1cc(COC2CCCCO2)ncc1OCc1ccccc1. The van der Waals surface area contributed by atoms with Crippen molar-refractivity contribution in [3.05, 3.63) is 53.9 Å². The highest BCUT2D eigenvalue weighted by molar-refractivity contribution is 6.34. The highest BCUT2D eigenvalue weighted by atomic mass is 16.7. The van der Waals surface area contributed by atoms with Gasteiger partial charge < -0.3 is 14.2 Å². The molecule has 1 fully saturated rings. The van der Waals surface area contributed by atoms with Gasteiger partial charge in [0, 0.05) is 6.61 Å². The Balaban J connectivity index is 1.52. The van der Waals surface area contributed by atoms with Crippen molar-refractivity contribution in [2.45, 2.75) is 38.8 Å². The molecule has 0 saturated carbocycles. The number of pyridine rings is 1. The summed E-state index contributed by atoms with van der Waals surface area (Å²) >= 11 is 0. The second kappa shape index (κ2) is 8.13. The summed E-state index contributed by atoms with van der Waals surface area (Å²) in [6.45, 7) is 1.64. The van der Waals surface area contributed by atoms with E-state index >= 15 is 0 Å². The van der Waals surface area contributed by atoms with Gasteiger partial charge in [-0.2, -0.15) is 0 Å². The van der Waals surface area contributed by atoms with Crippen LogP contribution >= 0.6 is 0 Å². The largest absolute Gasteiger partial charge is 0.488 e. The number of hydrogen-bond donors (Lipinski definition) is 0. The van der Waals surface area contributed by atoms with Crippen LogP contribution in [0.3, 0.4) is 0 Å². The summed E-state index contributed by atoms with van der Waals surface area (Å²) in [6, 6.07) is 11.8. The van der Waals surface area contributed by atoms with E-state index in [-0.39, 0.29) is 6.29 Å². The fourth-order valence-corrected chi connectivity index (χ4v) is 2.46. The van der Waals surface area contributed by atoms with Crippen molar-refractivity contribution in [2.24, 2.45) is 0 Å². The van der Waals surface area contributed by atoms with Gasteiger partial charge in [0.1, 0.15) is 20.2 Å². The quantitative estimate of drug-likeness (QED) is 0.769. The molecule has 118 valence electrons. The molecular formula is C18H20BNO3. The van der Waals surface area contributed by atoms with E-state index in [4.69, 9.17) is 22.1 Å². The maximum Gasteiger partial charge on any atom is 0.158 e. The Morgan fingerprint density at radius 1 is 1.17 bits per heavy atom. The van der Waals surface area contributed by atoms with E-state index in [1.54, 1.807) is 12.3 Å². The average molecular weight is 309 g/mol. The summed E-state index contributed by atoms with van der Waals surface area (Å²) in [5.41, 5.74) is 2.44. The molecule has 0 spiro atoms. The van der Waals surface area contributed by atoms with Crippen LogP contribution in [0.15, 0.2) is 42.6 Å².